The van der Waals surface area contributed by atoms with Gasteiger partial charge in [0.1, 0.15) is 17.3 Å². The molecule has 3 nitrogen and oxygen atoms in total. The zero-order valence-corrected chi connectivity index (χ0v) is 12.0. The van der Waals surface area contributed by atoms with Crippen LogP contribution < -0.4 is 10.5 Å². The quantitative estimate of drug-likeness (QED) is 0.911. The number of hydrogen-bond acceptors (Lipinski definition) is 3. The number of nitrogens with two attached hydrogens (primary N) is 1. The normalized spacial score (nSPS) is 12.5. The molecule has 0 aliphatic rings. The lowest BCUT2D eigenvalue weighted by atomic mass is 9.96. The second kappa shape index (κ2) is 5.49. The zero-order chi connectivity index (χ0) is 14.0. The highest BCUT2D eigenvalue weighted by atomic mass is 16.5. The van der Waals surface area contributed by atoms with E-state index in [-0.39, 0.29) is 6.04 Å². The fourth-order valence-electron chi connectivity index (χ4n) is 2.37. The minimum absolute atomic E-state index is 0.159. The van der Waals surface area contributed by atoms with E-state index in [0.29, 0.717) is 6.61 Å². The summed E-state index contributed by atoms with van der Waals surface area (Å²) in [6.07, 6.45) is 0. The van der Waals surface area contributed by atoms with Crippen molar-refractivity contribution in [2.45, 2.75) is 33.7 Å². The van der Waals surface area contributed by atoms with Gasteiger partial charge in [-0.2, -0.15) is 0 Å². The molecule has 1 aromatic heterocycles. The van der Waals surface area contributed by atoms with E-state index in [0.717, 1.165) is 34.0 Å². The van der Waals surface area contributed by atoms with Crippen molar-refractivity contribution in [1.82, 2.24) is 0 Å². The summed E-state index contributed by atoms with van der Waals surface area (Å²) in [6, 6.07) is 7.77. The molecule has 102 valence electrons. The average Bonchev–Trinajstić information content (AvgIpc) is 2.64. The molecule has 0 saturated heterocycles. The summed E-state index contributed by atoms with van der Waals surface area (Å²) in [4.78, 5) is 0. The molecule has 2 aromatic rings. The van der Waals surface area contributed by atoms with Gasteiger partial charge in [-0.3, -0.25) is 0 Å². The summed E-state index contributed by atoms with van der Waals surface area (Å²) in [5, 5.41) is 0. The highest BCUT2D eigenvalue weighted by Gasteiger charge is 2.19. The lowest BCUT2D eigenvalue weighted by molar-refractivity contribution is 0.340. The third kappa shape index (κ3) is 2.66. The number of benzene rings is 1. The van der Waals surface area contributed by atoms with E-state index in [4.69, 9.17) is 14.9 Å². The lowest BCUT2D eigenvalue weighted by Crippen LogP contribution is -2.13. The number of aryl methyl sites for hydroxylation is 2. The maximum absolute atomic E-state index is 6.35. The Hall–Kier alpha value is -1.74. The molecule has 0 bridgehead atoms. The van der Waals surface area contributed by atoms with Gasteiger partial charge in [0.25, 0.3) is 0 Å². The van der Waals surface area contributed by atoms with Gasteiger partial charge < -0.3 is 14.9 Å². The number of hydrogen-bond donors (Lipinski definition) is 1. The standard InChI is InChI=1S/C16H21NO2/c1-5-18-14-8-6-13(7-9-14)16(17)15-10(2)11(3)19-12(15)4/h6-9,16H,5,17H2,1-4H3. The fraction of sp³-hybridized carbons (Fsp3) is 0.375. The zero-order valence-electron chi connectivity index (χ0n) is 12.0. The van der Waals surface area contributed by atoms with Gasteiger partial charge in [0.2, 0.25) is 0 Å². The minimum Gasteiger partial charge on any atom is -0.494 e. The minimum atomic E-state index is -0.159. The summed E-state index contributed by atoms with van der Waals surface area (Å²) in [5.41, 5.74) is 9.64. The summed E-state index contributed by atoms with van der Waals surface area (Å²) >= 11 is 0. The van der Waals surface area contributed by atoms with Gasteiger partial charge >= 0.3 is 0 Å². The molecule has 2 N–H and O–H groups in total. The van der Waals surface area contributed by atoms with Crippen LogP contribution in [-0.4, -0.2) is 6.61 Å². The summed E-state index contributed by atoms with van der Waals surface area (Å²) in [7, 11) is 0. The van der Waals surface area contributed by atoms with E-state index < -0.39 is 0 Å². The van der Waals surface area contributed by atoms with Crippen LogP contribution in [-0.2, 0) is 0 Å². The summed E-state index contributed by atoms with van der Waals surface area (Å²) in [5.74, 6) is 2.71. The van der Waals surface area contributed by atoms with Gasteiger partial charge in [0.05, 0.1) is 12.6 Å². The van der Waals surface area contributed by atoms with E-state index in [9.17, 15) is 0 Å². The van der Waals surface area contributed by atoms with Gasteiger partial charge in [-0.05, 0) is 51.0 Å². The molecule has 1 unspecified atom stereocenters. The Balaban J connectivity index is 2.30. The molecule has 0 amide bonds. The first-order valence-electron chi connectivity index (χ1n) is 6.59. The largest absolute Gasteiger partial charge is 0.494 e. The molecule has 0 aliphatic carbocycles. The van der Waals surface area contributed by atoms with Crippen LogP contribution in [0.25, 0.3) is 0 Å². The molecule has 19 heavy (non-hydrogen) atoms. The average molecular weight is 259 g/mol. The van der Waals surface area contributed by atoms with E-state index >= 15 is 0 Å². The maximum Gasteiger partial charge on any atom is 0.119 e. The second-order valence-electron chi connectivity index (χ2n) is 4.73. The number of furan rings is 1. The molecule has 1 heterocycles. The van der Waals surface area contributed by atoms with Crippen LogP contribution in [0.3, 0.4) is 0 Å². The molecule has 0 saturated carbocycles. The van der Waals surface area contributed by atoms with Crippen LogP contribution in [0.2, 0.25) is 0 Å². The predicted octanol–water partition coefficient (Wildman–Crippen LogP) is 3.65. The Bertz CT molecular complexity index is 555. The van der Waals surface area contributed by atoms with Gasteiger partial charge in [0.15, 0.2) is 0 Å². The molecular formula is C16H21NO2. The predicted molar refractivity (Wildman–Crippen MR) is 76.6 cm³/mol. The third-order valence-electron chi connectivity index (χ3n) is 3.48. The molecule has 3 heteroatoms. The lowest BCUT2D eigenvalue weighted by Gasteiger charge is -2.13. The van der Waals surface area contributed by atoms with Crippen LogP contribution in [0.4, 0.5) is 0 Å². The van der Waals surface area contributed by atoms with Gasteiger partial charge in [-0.25, -0.2) is 0 Å². The van der Waals surface area contributed by atoms with Crippen LogP contribution in [0.15, 0.2) is 28.7 Å². The molecular weight excluding hydrogens is 238 g/mol. The topological polar surface area (TPSA) is 48.4 Å². The van der Waals surface area contributed by atoms with Gasteiger partial charge in [0, 0.05) is 5.56 Å². The Morgan fingerprint density at radius 2 is 1.74 bits per heavy atom. The maximum atomic E-state index is 6.35. The summed E-state index contributed by atoms with van der Waals surface area (Å²) in [6.45, 7) is 8.63. The van der Waals surface area contributed by atoms with E-state index in [1.54, 1.807) is 0 Å². The molecule has 1 aromatic carbocycles. The van der Waals surface area contributed by atoms with E-state index in [2.05, 4.69) is 6.92 Å². The molecule has 1 atom stereocenters. The summed E-state index contributed by atoms with van der Waals surface area (Å²) < 4.78 is 11.1. The third-order valence-corrected chi connectivity index (χ3v) is 3.48. The highest BCUT2D eigenvalue weighted by molar-refractivity contribution is 5.41. The van der Waals surface area contributed by atoms with Gasteiger partial charge in [-0.1, -0.05) is 12.1 Å². The Labute approximate surface area is 114 Å². The highest BCUT2D eigenvalue weighted by Crippen LogP contribution is 2.30. The van der Waals surface area contributed by atoms with E-state index in [1.807, 2.05) is 45.0 Å². The van der Waals surface area contributed by atoms with Gasteiger partial charge in [-0.15, -0.1) is 0 Å². The van der Waals surface area contributed by atoms with Crippen molar-refractivity contribution >= 4 is 0 Å². The Morgan fingerprint density at radius 1 is 1.11 bits per heavy atom. The van der Waals surface area contributed by atoms with Crippen molar-refractivity contribution in [1.29, 1.82) is 0 Å². The number of ether oxygens (including phenoxy) is 1. The monoisotopic (exact) mass is 259 g/mol. The van der Waals surface area contributed by atoms with Crippen LogP contribution in [0.1, 0.15) is 41.2 Å². The smallest absolute Gasteiger partial charge is 0.119 e. The fourth-order valence-corrected chi connectivity index (χ4v) is 2.37. The van der Waals surface area contributed by atoms with Crippen molar-refractivity contribution in [3.63, 3.8) is 0 Å². The van der Waals surface area contributed by atoms with Crippen molar-refractivity contribution < 1.29 is 9.15 Å². The molecule has 0 fully saturated rings. The van der Waals surface area contributed by atoms with Crippen LogP contribution >= 0.6 is 0 Å². The Kier molecular flexibility index (Phi) is 3.96. The van der Waals surface area contributed by atoms with E-state index in [1.165, 1.54) is 0 Å². The Morgan fingerprint density at radius 3 is 2.21 bits per heavy atom. The van der Waals surface area contributed by atoms with Crippen molar-refractivity contribution in [2.75, 3.05) is 6.61 Å². The molecule has 0 aliphatic heterocycles. The first-order chi connectivity index (χ1) is 9.04. The molecule has 0 spiro atoms. The second-order valence-corrected chi connectivity index (χ2v) is 4.73. The molecule has 0 radical (unpaired) electrons. The van der Waals surface area contributed by atoms with Crippen molar-refractivity contribution in [2.24, 2.45) is 5.73 Å². The number of rotatable bonds is 4. The van der Waals surface area contributed by atoms with Crippen molar-refractivity contribution in [3.8, 4) is 5.75 Å². The first-order valence-corrected chi connectivity index (χ1v) is 6.59. The van der Waals surface area contributed by atoms with Crippen LogP contribution in [0, 0.1) is 20.8 Å². The SMILES string of the molecule is CCOc1ccc(C(N)c2c(C)oc(C)c2C)cc1. The molecule has 2 rings (SSSR count). The van der Waals surface area contributed by atoms with Crippen molar-refractivity contribution in [3.05, 3.63) is 52.5 Å². The van der Waals surface area contributed by atoms with Crippen LogP contribution in [0.5, 0.6) is 5.75 Å². The first kappa shape index (κ1) is 13.7.